The number of fused-ring (bicyclic) bond motifs is 1. The van der Waals surface area contributed by atoms with Crippen molar-refractivity contribution in [2.75, 3.05) is 31.6 Å². The van der Waals surface area contributed by atoms with Crippen LogP contribution in [0.1, 0.15) is 0 Å². The second-order valence-corrected chi connectivity index (χ2v) is 6.40. The van der Waals surface area contributed by atoms with Crippen molar-refractivity contribution in [3.63, 3.8) is 0 Å². The molecular formula is C13H15IN4O2S. The molecule has 1 unspecified atom stereocenters. The molecule has 1 saturated heterocycles. The maximum atomic E-state index is 11.7. The van der Waals surface area contributed by atoms with E-state index in [0.29, 0.717) is 13.2 Å². The molecule has 3 rings (SSSR count). The zero-order chi connectivity index (χ0) is 15.0. The van der Waals surface area contributed by atoms with Gasteiger partial charge in [0.25, 0.3) is 5.91 Å². The molecule has 0 aromatic carbocycles. The first-order chi connectivity index (χ1) is 10.1. The van der Waals surface area contributed by atoms with Gasteiger partial charge in [0.1, 0.15) is 0 Å². The fourth-order valence-corrected chi connectivity index (χ4v) is 3.59. The number of hydrogen-bond acceptors (Lipinski definition) is 5. The summed E-state index contributed by atoms with van der Waals surface area (Å²) >= 11 is 6.62. The molecule has 0 aliphatic carbocycles. The van der Waals surface area contributed by atoms with E-state index in [-0.39, 0.29) is 5.91 Å². The van der Waals surface area contributed by atoms with E-state index in [2.05, 4.69) is 56.7 Å². The number of amides is 1. The number of aromatic nitrogens is 2. The van der Waals surface area contributed by atoms with Gasteiger partial charge in [0.15, 0.2) is 11.8 Å². The molecule has 1 fully saturated rings. The van der Waals surface area contributed by atoms with Crippen molar-refractivity contribution in [1.82, 2.24) is 14.3 Å². The Labute approximate surface area is 141 Å². The van der Waals surface area contributed by atoms with Gasteiger partial charge in [0.2, 0.25) is 0 Å². The number of anilines is 1. The summed E-state index contributed by atoms with van der Waals surface area (Å²) in [4.78, 5) is 18.3. The second-order valence-electron chi connectivity index (χ2n) is 4.81. The van der Waals surface area contributed by atoms with Gasteiger partial charge >= 0.3 is 0 Å². The topological polar surface area (TPSA) is 59.4 Å². The van der Waals surface area contributed by atoms with E-state index in [0.717, 1.165) is 26.8 Å². The molecule has 1 aliphatic rings. The van der Waals surface area contributed by atoms with Crippen LogP contribution < -0.4 is 10.2 Å². The normalized spacial score (nSPS) is 19.0. The Balaban J connectivity index is 1.89. The quantitative estimate of drug-likeness (QED) is 0.570. The van der Waals surface area contributed by atoms with Gasteiger partial charge in [-0.3, -0.25) is 8.77 Å². The zero-order valence-electron chi connectivity index (χ0n) is 11.4. The summed E-state index contributed by atoms with van der Waals surface area (Å²) in [5, 5.41) is 3.69. The van der Waals surface area contributed by atoms with Crippen molar-refractivity contribution < 1.29 is 9.53 Å². The van der Waals surface area contributed by atoms with Gasteiger partial charge < -0.3 is 15.0 Å². The smallest absolute Gasteiger partial charge is 0.250 e. The predicted molar refractivity (Wildman–Crippen MR) is 92.9 cm³/mol. The Morgan fingerprint density at radius 2 is 2.43 bits per heavy atom. The van der Waals surface area contributed by atoms with Crippen LogP contribution in [-0.4, -0.2) is 47.7 Å². The van der Waals surface area contributed by atoms with Crippen molar-refractivity contribution in [2.45, 2.75) is 6.10 Å². The lowest BCUT2D eigenvalue weighted by Gasteiger charge is -2.33. The molecule has 2 aromatic rings. The van der Waals surface area contributed by atoms with Crippen LogP contribution in [0.3, 0.4) is 0 Å². The van der Waals surface area contributed by atoms with Crippen LogP contribution in [0.4, 0.5) is 5.69 Å². The first-order valence-corrected chi connectivity index (χ1v) is 8.02. The Morgan fingerprint density at radius 1 is 1.62 bits per heavy atom. The summed E-state index contributed by atoms with van der Waals surface area (Å²) in [5.41, 5.74) is 1.83. The number of nitrogens with zero attached hydrogens (tertiary/aromatic N) is 3. The minimum Gasteiger partial charge on any atom is -0.365 e. The third-order valence-electron chi connectivity index (χ3n) is 3.53. The Hall–Kier alpha value is -1.000. The summed E-state index contributed by atoms with van der Waals surface area (Å²) < 4.78 is 8.32. The highest BCUT2D eigenvalue weighted by atomic mass is 127. The minimum atomic E-state index is -0.437. The highest BCUT2D eigenvalue weighted by molar-refractivity contribution is 14.1. The predicted octanol–water partition coefficient (Wildman–Crippen LogP) is 1.28. The van der Waals surface area contributed by atoms with E-state index in [1.165, 1.54) is 0 Å². The van der Waals surface area contributed by atoms with Gasteiger partial charge in [0, 0.05) is 28.7 Å². The zero-order valence-corrected chi connectivity index (χ0v) is 14.5. The summed E-state index contributed by atoms with van der Waals surface area (Å²) in [6.07, 6.45) is 3.31. The maximum absolute atomic E-state index is 11.7. The fourth-order valence-electron chi connectivity index (χ4n) is 2.42. The molecule has 0 saturated carbocycles. The van der Waals surface area contributed by atoms with Crippen molar-refractivity contribution >= 4 is 58.0 Å². The molecule has 8 heteroatoms. The number of halogens is 1. The van der Waals surface area contributed by atoms with Crippen molar-refractivity contribution in [3.8, 4) is 0 Å². The van der Waals surface area contributed by atoms with Gasteiger partial charge in [-0.1, -0.05) is 12.8 Å². The molecule has 1 atom stereocenters. The van der Waals surface area contributed by atoms with E-state index >= 15 is 0 Å². The molecule has 0 bridgehead atoms. The number of likely N-dealkylation sites (N-methyl/N-ethyl adjacent to an activating group) is 1. The number of nitrogens with one attached hydrogen (secondary N) is 1. The molecule has 0 radical (unpaired) electrons. The molecule has 6 nitrogen and oxygen atoms in total. The molecule has 21 heavy (non-hydrogen) atoms. The van der Waals surface area contributed by atoms with Crippen molar-refractivity contribution in [2.24, 2.45) is 0 Å². The number of hydrogen-bond donors (Lipinski definition) is 2. The number of rotatable bonds is 2. The Morgan fingerprint density at radius 3 is 3.19 bits per heavy atom. The molecule has 112 valence electrons. The van der Waals surface area contributed by atoms with E-state index < -0.39 is 6.10 Å². The summed E-state index contributed by atoms with van der Waals surface area (Å²) in [6.45, 7) is 1.81. The Bertz CT molecular complexity index is 690. The molecule has 3 heterocycles. The summed E-state index contributed by atoms with van der Waals surface area (Å²) in [7, 11) is 1.62. The average Bonchev–Trinajstić information content (AvgIpc) is 2.81. The largest absolute Gasteiger partial charge is 0.365 e. The van der Waals surface area contributed by atoms with Crippen LogP contribution in [0.15, 0.2) is 18.5 Å². The Kier molecular flexibility index (Phi) is 4.27. The minimum absolute atomic E-state index is 0.0928. The van der Waals surface area contributed by atoms with E-state index in [4.69, 9.17) is 4.74 Å². The number of pyridine rings is 1. The molecule has 1 N–H and O–H groups in total. The highest BCUT2D eigenvalue weighted by Gasteiger charge is 2.26. The van der Waals surface area contributed by atoms with Gasteiger partial charge in [0.05, 0.1) is 25.0 Å². The number of carbonyl (C=O) groups excluding carboxylic acids is 1. The fraction of sp³-hybridized carbons (Fsp3) is 0.385. The lowest BCUT2D eigenvalue weighted by atomic mass is 10.2. The maximum Gasteiger partial charge on any atom is 0.250 e. The van der Waals surface area contributed by atoms with E-state index in [9.17, 15) is 4.79 Å². The van der Waals surface area contributed by atoms with Gasteiger partial charge in [-0.25, -0.2) is 4.98 Å². The van der Waals surface area contributed by atoms with Crippen LogP contribution >= 0.6 is 35.4 Å². The standard InChI is InChI=1S/C13H15IN4O2S/c1-15-13(19)11-7-17(2-3-20-11)8-4-9-10(14)6-18(21)12(9)16-5-8/h4-6,11,21H,2-3,7H2,1H3,(H,15,19). The monoisotopic (exact) mass is 418 g/mol. The molecular weight excluding hydrogens is 403 g/mol. The second kappa shape index (κ2) is 6.01. The molecule has 1 amide bonds. The number of thiol groups is 1. The number of carbonyl (C=O) groups is 1. The summed E-state index contributed by atoms with van der Waals surface area (Å²) in [5.74, 6) is -0.0928. The number of ether oxygens (including phenoxy) is 1. The third-order valence-corrected chi connectivity index (χ3v) is 4.70. The van der Waals surface area contributed by atoms with Crippen LogP contribution in [0.2, 0.25) is 0 Å². The van der Waals surface area contributed by atoms with E-state index in [1.54, 1.807) is 11.0 Å². The first kappa shape index (κ1) is 14.9. The third kappa shape index (κ3) is 2.84. The van der Waals surface area contributed by atoms with Crippen LogP contribution in [0, 0.1) is 3.57 Å². The molecule has 2 aromatic heterocycles. The lowest BCUT2D eigenvalue weighted by molar-refractivity contribution is -0.132. The molecule has 0 spiro atoms. The average molecular weight is 418 g/mol. The SMILES string of the molecule is CNC(=O)C1CN(c2cnc3c(c2)c(I)cn3S)CCO1. The van der Waals surface area contributed by atoms with Gasteiger partial charge in [-0.2, -0.15) is 0 Å². The highest BCUT2D eigenvalue weighted by Crippen LogP contribution is 2.27. The van der Waals surface area contributed by atoms with Gasteiger partial charge in [-0.05, 0) is 28.7 Å². The van der Waals surface area contributed by atoms with Crippen LogP contribution in [0.5, 0.6) is 0 Å². The molecule has 1 aliphatic heterocycles. The number of morpholine rings is 1. The van der Waals surface area contributed by atoms with Crippen molar-refractivity contribution in [1.29, 1.82) is 0 Å². The lowest BCUT2D eigenvalue weighted by Crippen LogP contribution is -2.49. The van der Waals surface area contributed by atoms with Crippen LogP contribution in [0.25, 0.3) is 11.0 Å². The van der Waals surface area contributed by atoms with Gasteiger partial charge in [-0.15, -0.1) is 0 Å². The van der Waals surface area contributed by atoms with Crippen molar-refractivity contribution in [3.05, 3.63) is 22.0 Å². The first-order valence-electron chi connectivity index (χ1n) is 6.54. The van der Waals surface area contributed by atoms with E-state index in [1.807, 2.05) is 12.4 Å². The van der Waals surface area contributed by atoms with Crippen LogP contribution in [-0.2, 0) is 9.53 Å². The summed E-state index contributed by atoms with van der Waals surface area (Å²) in [6, 6.07) is 2.09.